The van der Waals surface area contributed by atoms with Crippen molar-refractivity contribution in [2.24, 2.45) is 0 Å². The van der Waals surface area contributed by atoms with Crippen LogP contribution in [0.4, 0.5) is 5.69 Å². The molecular formula is C21H24ClN3O4S. The van der Waals surface area contributed by atoms with Gasteiger partial charge in [0.25, 0.3) is 0 Å². The first-order valence-electron chi connectivity index (χ1n) is 9.48. The fourth-order valence-corrected chi connectivity index (χ4v) is 4.51. The van der Waals surface area contributed by atoms with Crippen molar-refractivity contribution < 1.29 is 18.3 Å². The summed E-state index contributed by atoms with van der Waals surface area (Å²) < 4.78 is 25.0. The molecule has 1 fully saturated rings. The number of hydrogen-bond acceptors (Lipinski definition) is 5. The second kappa shape index (κ2) is 9.61. The van der Waals surface area contributed by atoms with Crippen LogP contribution in [0.25, 0.3) is 11.1 Å². The summed E-state index contributed by atoms with van der Waals surface area (Å²) >= 11 is 6.39. The molecule has 0 spiro atoms. The minimum atomic E-state index is -3.47. The largest absolute Gasteiger partial charge is 0.392 e. The third kappa shape index (κ3) is 5.02. The van der Waals surface area contributed by atoms with Gasteiger partial charge in [-0.1, -0.05) is 48.5 Å². The Morgan fingerprint density at radius 1 is 1.17 bits per heavy atom. The van der Waals surface area contributed by atoms with Crippen LogP contribution in [0.2, 0.25) is 5.02 Å². The number of nitrogens with one attached hydrogen (secondary N) is 1. The SMILES string of the molecule is C=CS(=O)(=O)N1CCN(C(=O)CNc2cc(-c3ccccc3)c(Cl)cc2CO)CC1. The average molecular weight is 450 g/mol. The van der Waals surface area contributed by atoms with E-state index in [9.17, 15) is 18.3 Å². The number of halogens is 1. The Kier molecular flexibility index (Phi) is 7.14. The summed E-state index contributed by atoms with van der Waals surface area (Å²) in [5, 5.41) is 14.2. The van der Waals surface area contributed by atoms with Gasteiger partial charge >= 0.3 is 0 Å². The Labute approximate surface area is 181 Å². The number of aliphatic hydroxyl groups excluding tert-OH is 1. The number of sulfonamides is 1. The van der Waals surface area contributed by atoms with Gasteiger partial charge in [0.2, 0.25) is 15.9 Å². The number of aliphatic hydroxyl groups is 1. The van der Waals surface area contributed by atoms with Gasteiger partial charge in [-0.15, -0.1) is 0 Å². The molecule has 7 nitrogen and oxygen atoms in total. The van der Waals surface area contributed by atoms with Crippen molar-refractivity contribution in [1.82, 2.24) is 9.21 Å². The summed E-state index contributed by atoms with van der Waals surface area (Å²) in [5.74, 6) is -0.147. The second-order valence-corrected chi connectivity index (χ2v) is 9.15. The lowest BCUT2D eigenvalue weighted by atomic mass is 10.0. The summed E-state index contributed by atoms with van der Waals surface area (Å²) in [6, 6.07) is 13.1. The van der Waals surface area contributed by atoms with Gasteiger partial charge in [-0.25, -0.2) is 8.42 Å². The van der Waals surface area contributed by atoms with E-state index < -0.39 is 10.0 Å². The molecule has 0 unspecified atom stereocenters. The standard InChI is InChI=1S/C21H24ClN3O4S/c1-2-30(28,29)25-10-8-24(9-11-25)21(27)14-23-20-13-18(16-6-4-3-5-7-16)19(22)12-17(20)15-26/h2-7,12-13,23,26H,1,8-11,14-15H2. The van der Waals surface area contributed by atoms with E-state index >= 15 is 0 Å². The van der Waals surface area contributed by atoms with Gasteiger partial charge < -0.3 is 15.3 Å². The van der Waals surface area contributed by atoms with Crippen molar-refractivity contribution >= 4 is 33.2 Å². The number of amides is 1. The molecular weight excluding hydrogens is 426 g/mol. The molecule has 1 aliphatic rings. The predicted molar refractivity (Wildman–Crippen MR) is 119 cm³/mol. The molecule has 2 aromatic rings. The first-order chi connectivity index (χ1) is 14.4. The monoisotopic (exact) mass is 449 g/mol. The normalized spacial score (nSPS) is 15.1. The first kappa shape index (κ1) is 22.3. The van der Waals surface area contributed by atoms with E-state index in [0.717, 1.165) is 16.5 Å². The molecule has 30 heavy (non-hydrogen) atoms. The average Bonchev–Trinajstić information content (AvgIpc) is 2.78. The molecule has 1 aliphatic heterocycles. The molecule has 2 aromatic carbocycles. The Hall–Kier alpha value is -2.39. The highest BCUT2D eigenvalue weighted by molar-refractivity contribution is 7.92. The van der Waals surface area contributed by atoms with Gasteiger partial charge in [0.05, 0.1) is 13.2 Å². The number of hydrogen-bond donors (Lipinski definition) is 2. The van der Waals surface area contributed by atoms with Crippen LogP contribution in [-0.2, 0) is 21.4 Å². The number of anilines is 1. The fraction of sp³-hybridized carbons (Fsp3) is 0.286. The first-order valence-corrected chi connectivity index (χ1v) is 11.4. The lowest BCUT2D eigenvalue weighted by molar-refractivity contribution is -0.130. The molecule has 0 aliphatic carbocycles. The Bertz CT molecular complexity index is 1020. The third-order valence-electron chi connectivity index (χ3n) is 5.04. The molecule has 160 valence electrons. The molecule has 0 atom stereocenters. The summed E-state index contributed by atoms with van der Waals surface area (Å²) in [7, 11) is -3.47. The van der Waals surface area contributed by atoms with E-state index in [2.05, 4.69) is 11.9 Å². The zero-order valence-corrected chi connectivity index (χ0v) is 18.0. The number of rotatable bonds is 7. The molecule has 0 aromatic heterocycles. The number of piperazine rings is 1. The molecule has 1 heterocycles. The predicted octanol–water partition coefficient (Wildman–Crippen LogP) is 2.53. The van der Waals surface area contributed by atoms with Gasteiger partial charge in [0.1, 0.15) is 0 Å². The van der Waals surface area contributed by atoms with Crippen LogP contribution < -0.4 is 5.32 Å². The van der Waals surface area contributed by atoms with E-state index in [4.69, 9.17) is 11.6 Å². The van der Waals surface area contributed by atoms with Crippen molar-refractivity contribution in [2.75, 3.05) is 38.0 Å². The molecule has 9 heteroatoms. The van der Waals surface area contributed by atoms with Gasteiger partial charge in [0.15, 0.2) is 0 Å². The maximum Gasteiger partial charge on any atom is 0.241 e. The lowest BCUT2D eigenvalue weighted by Gasteiger charge is -2.33. The molecule has 3 rings (SSSR count). The number of carbonyl (C=O) groups is 1. The lowest BCUT2D eigenvalue weighted by Crippen LogP contribution is -2.51. The molecule has 0 saturated carbocycles. The zero-order valence-electron chi connectivity index (χ0n) is 16.4. The van der Waals surface area contributed by atoms with Crippen molar-refractivity contribution in [3.8, 4) is 11.1 Å². The highest BCUT2D eigenvalue weighted by atomic mass is 35.5. The number of nitrogens with zero attached hydrogens (tertiary/aromatic N) is 2. The van der Waals surface area contributed by atoms with Crippen LogP contribution in [-0.4, -0.2) is 61.4 Å². The van der Waals surface area contributed by atoms with E-state index in [0.29, 0.717) is 29.4 Å². The second-order valence-electron chi connectivity index (χ2n) is 6.86. The van der Waals surface area contributed by atoms with Gasteiger partial charge in [0, 0.05) is 53.4 Å². The van der Waals surface area contributed by atoms with Crippen LogP contribution in [0, 0.1) is 0 Å². The van der Waals surface area contributed by atoms with E-state index in [1.165, 1.54) is 4.31 Å². The van der Waals surface area contributed by atoms with Crippen molar-refractivity contribution in [1.29, 1.82) is 0 Å². The molecule has 0 bridgehead atoms. The maximum atomic E-state index is 12.6. The van der Waals surface area contributed by atoms with Crippen molar-refractivity contribution in [2.45, 2.75) is 6.61 Å². The minimum Gasteiger partial charge on any atom is -0.392 e. The zero-order chi connectivity index (χ0) is 21.7. The van der Waals surface area contributed by atoms with E-state index in [1.54, 1.807) is 11.0 Å². The van der Waals surface area contributed by atoms with Crippen LogP contribution in [0.3, 0.4) is 0 Å². The van der Waals surface area contributed by atoms with Crippen LogP contribution in [0.15, 0.2) is 54.5 Å². The van der Waals surface area contributed by atoms with Gasteiger partial charge in [-0.05, 0) is 17.7 Å². The highest BCUT2D eigenvalue weighted by Crippen LogP contribution is 2.33. The van der Waals surface area contributed by atoms with Crippen LogP contribution >= 0.6 is 11.6 Å². The molecule has 1 amide bonds. The summed E-state index contributed by atoms with van der Waals surface area (Å²) in [4.78, 5) is 14.2. The van der Waals surface area contributed by atoms with Gasteiger partial charge in [-0.3, -0.25) is 4.79 Å². The number of benzene rings is 2. The Morgan fingerprint density at radius 3 is 2.43 bits per heavy atom. The fourth-order valence-electron chi connectivity index (χ4n) is 3.33. The van der Waals surface area contributed by atoms with Crippen LogP contribution in [0.5, 0.6) is 0 Å². The Morgan fingerprint density at radius 2 is 1.83 bits per heavy atom. The number of carbonyl (C=O) groups excluding carboxylic acids is 1. The van der Waals surface area contributed by atoms with Crippen molar-refractivity contribution in [3.63, 3.8) is 0 Å². The van der Waals surface area contributed by atoms with Crippen molar-refractivity contribution in [3.05, 3.63) is 65.0 Å². The summed E-state index contributed by atoms with van der Waals surface area (Å²) in [5.41, 5.74) is 2.95. The van der Waals surface area contributed by atoms with E-state index in [-0.39, 0.29) is 32.1 Å². The summed E-state index contributed by atoms with van der Waals surface area (Å²) in [6.07, 6.45) is 0. The molecule has 1 saturated heterocycles. The molecule has 2 N–H and O–H groups in total. The maximum absolute atomic E-state index is 12.6. The smallest absolute Gasteiger partial charge is 0.241 e. The summed E-state index contributed by atoms with van der Waals surface area (Å²) in [6.45, 7) is 4.24. The van der Waals surface area contributed by atoms with Crippen LogP contribution in [0.1, 0.15) is 5.56 Å². The van der Waals surface area contributed by atoms with Gasteiger partial charge in [-0.2, -0.15) is 4.31 Å². The quantitative estimate of drug-likeness (QED) is 0.678. The third-order valence-corrected chi connectivity index (χ3v) is 6.86. The molecule has 0 radical (unpaired) electrons. The highest BCUT2D eigenvalue weighted by Gasteiger charge is 2.26. The topological polar surface area (TPSA) is 90.0 Å². The Balaban J connectivity index is 1.68. The minimum absolute atomic E-state index is 0.0249. The van der Waals surface area contributed by atoms with E-state index in [1.807, 2.05) is 36.4 Å².